The first-order valence-electron chi connectivity index (χ1n) is 7.89. The molecule has 1 aromatic heterocycles. The number of amides is 2. The summed E-state index contributed by atoms with van der Waals surface area (Å²) in [5.74, 6) is -0.262. The molecule has 0 saturated heterocycles. The van der Waals surface area contributed by atoms with Crippen LogP contribution < -0.4 is 15.8 Å². The van der Waals surface area contributed by atoms with E-state index < -0.39 is 5.91 Å². The third-order valence-corrected chi connectivity index (χ3v) is 4.65. The second-order valence-corrected chi connectivity index (χ2v) is 6.90. The number of rotatable bonds is 7. The number of primary amides is 1. The van der Waals surface area contributed by atoms with E-state index in [4.69, 9.17) is 22.1 Å². The van der Waals surface area contributed by atoms with E-state index in [2.05, 4.69) is 15.5 Å². The van der Waals surface area contributed by atoms with Crippen LogP contribution in [-0.4, -0.2) is 28.6 Å². The van der Waals surface area contributed by atoms with Crippen LogP contribution in [0, 0.1) is 0 Å². The second-order valence-electron chi connectivity index (χ2n) is 5.52. The van der Waals surface area contributed by atoms with Gasteiger partial charge in [0.05, 0.1) is 11.4 Å². The molecular formula is C18H15ClN4O3S. The number of carbonyl (C=O) groups is 2. The van der Waals surface area contributed by atoms with Gasteiger partial charge in [-0.25, -0.2) is 0 Å². The van der Waals surface area contributed by atoms with Gasteiger partial charge in [-0.3, -0.25) is 14.9 Å². The van der Waals surface area contributed by atoms with Gasteiger partial charge < -0.3 is 10.5 Å². The Labute approximate surface area is 164 Å². The molecular weight excluding hydrogens is 388 g/mol. The Kier molecular flexibility index (Phi) is 6.00. The Balaban J connectivity index is 1.54. The molecule has 1 heterocycles. The minimum Gasteiger partial charge on any atom is -0.484 e. The minimum atomic E-state index is -0.406. The van der Waals surface area contributed by atoms with E-state index in [1.54, 1.807) is 30.3 Å². The maximum Gasteiger partial charge on any atom is 0.264 e. The second kappa shape index (κ2) is 8.61. The molecule has 0 bridgehead atoms. The lowest BCUT2D eigenvalue weighted by atomic mass is 10.1. The molecule has 2 aromatic carbocycles. The zero-order valence-corrected chi connectivity index (χ0v) is 15.6. The number of hydrogen-bond donors (Lipinski definition) is 2. The predicted octanol–water partition coefficient (Wildman–Crippen LogP) is 2.90. The van der Waals surface area contributed by atoms with Crippen LogP contribution in [0.25, 0.3) is 10.6 Å². The van der Waals surface area contributed by atoms with Crippen LogP contribution >= 0.6 is 22.9 Å². The summed E-state index contributed by atoms with van der Waals surface area (Å²) < 4.78 is 5.42. The van der Waals surface area contributed by atoms with Crippen molar-refractivity contribution in [3.8, 4) is 16.3 Å². The highest BCUT2D eigenvalue weighted by molar-refractivity contribution is 7.18. The van der Waals surface area contributed by atoms with Crippen LogP contribution in [0.4, 0.5) is 5.13 Å². The SMILES string of the molecule is NC(=O)Cc1ccc(OCC(=O)Nc2nnc(-c3ccccc3Cl)s2)cc1. The Morgan fingerprint density at radius 3 is 2.56 bits per heavy atom. The molecule has 3 rings (SSSR count). The Hall–Kier alpha value is -2.97. The number of halogens is 1. The molecule has 0 spiro atoms. The molecule has 0 unspecified atom stereocenters. The van der Waals surface area contributed by atoms with Crippen LogP contribution in [0.1, 0.15) is 5.56 Å². The number of nitrogens with one attached hydrogen (secondary N) is 1. The lowest BCUT2D eigenvalue weighted by molar-refractivity contribution is -0.118. The highest BCUT2D eigenvalue weighted by atomic mass is 35.5. The highest BCUT2D eigenvalue weighted by Crippen LogP contribution is 2.31. The topological polar surface area (TPSA) is 107 Å². The number of ether oxygens (including phenoxy) is 1. The zero-order valence-electron chi connectivity index (χ0n) is 14.0. The maximum atomic E-state index is 12.0. The zero-order chi connectivity index (χ0) is 19.2. The summed E-state index contributed by atoms with van der Waals surface area (Å²) in [7, 11) is 0. The quantitative estimate of drug-likeness (QED) is 0.631. The number of carbonyl (C=O) groups excluding carboxylic acids is 2. The van der Waals surface area contributed by atoms with Gasteiger partial charge in [-0.1, -0.05) is 53.3 Å². The number of benzene rings is 2. The largest absolute Gasteiger partial charge is 0.484 e. The third kappa shape index (κ3) is 5.25. The van der Waals surface area contributed by atoms with E-state index in [9.17, 15) is 9.59 Å². The summed E-state index contributed by atoms with van der Waals surface area (Å²) in [5.41, 5.74) is 6.67. The van der Waals surface area contributed by atoms with Crippen molar-refractivity contribution in [2.24, 2.45) is 5.73 Å². The summed E-state index contributed by atoms with van der Waals surface area (Å²) in [6.07, 6.45) is 0.158. The summed E-state index contributed by atoms with van der Waals surface area (Å²) in [6, 6.07) is 14.1. The van der Waals surface area contributed by atoms with E-state index >= 15 is 0 Å². The minimum absolute atomic E-state index is 0.158. The lowest BCUT2D eigenvalue weighted by Gasteiger charge is -2.06. The number of anilines is 1. The molecule has 3 N–H and O–H groups in total. The van der Waals surface area contributed by atoms with Gasteiger partial charge in [0.1, 0.15) is 5.75 Å². The fourth-order valence-electron chi connectivity index (χ4n) is 2.23. The van der Waals surface area contributed by atoms with Crippen molar-refractivity contribution in [2.45, 2.75) is 6.42 Å². The molecule has 138 valence electrons. The summed E-state index contributed by atoms with van der Waals surface area (Å²) in [4.78, 5) is 22.9. The van der Waals surface area contributed by atoms with Crippen molar-refractivity contribution in [1.29, 1.82) is 0 Å². The van der Waals surface area contributed by atoms with Gasteiger partial charge in [-0.05, 0) is 23.8 Å². The molecule has 0 fully saturated rings. The summed E-state index contributed by atoms with van der Waals surface area (Å²) in [6.45, 7) is -0.184. The van der Waals surface area contributed by atoms with E-state index in [1.165, 1.54) is 11.3 Å². The van der Waals surface area contributed by atoms with Gasteiger partial charge in [0.15, 0.2) is 11.6 Å². The standard InChI is InChI=1S/C18H15ClN4O3S/c19-14-4-2-1-3-13(14)17-22-23-18(27-17)21-16(25)10-26-12-7-5-11(6-8-12)9-15(20)24/h1-8H,9-10H2,(H2,20,24)(H,21,23,25). The summed E-state index contributed by atoms with van der Waals surface area (Å²) >= 11 is 7.36. The van der Waals surface area contributed by atoms with E-state index in [0.717, 1.165) is 11.1 Å². The average Bonchev–Trinajstić information content (AvgIpc) is 3.09. The van der Waals surface area contributed by atoms with Crippen molar-refractivity contribution in [1.82, 2.24) is 10.2 Å². The lowest BCUT2D eigenvalue weighted by Crippen LogP contribution is -2.20. The van der Waals surface area contributed by atoms with Crippen LogP contribution in [0.3, 0.4) is 0 Å². The molecule has 0 atom stereocenters. The third-order valence-electron chi connectivity index (χ3n) is 3.45. The molecule has 27 heavy (non-hydrogen) atoms. The van der Waals surface area contributed by atoms with E-state index in [-0.39, 0.29) is 18.9 Å². The number of nitrogens with zero attached hydrogens (tertiary/aromatic N) is 2. The monoisotopic (exact) mass is 402 g/mol. The first-order valence-corrected chi connectivity index (χ1v) is 9.09. The number of hydrogen-bond acceptors (Lipinski definition) is 6. The smallest absolute Gasteiger partial charge is 0.264 e. The maximum absolute atomic E-state index is 12.0. The van der Waals surface area contributed by atoms with Crippen molar-refractivity contribution < 1.29 is 14.3 Å². The fraction of sp³-hybridized carbons (Fsp3) is 0.111. The molecule has 0 aliphatic carbocycles. The van der Waals surface area contributed by atoms with Crippen molar-refractivity contribution in [3.63, 3.8) is 0 Å². The van der Waals surface area contributed by atoms with Crippen molar-refractivity contribution >= 4 is 39.9 Å². The molecule has 0 radical (unpaired) electrons. The van der Waals surface area contributed by atoms with Gasteiger partial charge in [0, 0.05) is 5.56 Å². The Morgan fingerprint density at radius 1 is 1.11 bits per heavy atom. The predicted molar refractivity (Wildman–Crippen MR) is 104 cm³/mol. The summed E-state index contributed by atoms with van der Waals surface area (Å²) in [5, 5.41) is 12.2. The molecule has 0 saturated carbocycles. The molecule has 2 amide bonds. The van der Waals surface area contributed by atoms with E-state index in [0.29, 0.717) is 20.9 Å². The Morgan fingerprint density at radius 2 is 1.85 bits per heavy atom. The van der Waals surface area contributed by atoms with Gasteiger partial charge in [-0.2, -0.15) is 0 Å². The fourth-order valence-corrected chi connectivity index (χ4v) is 3.31. The highest BCUT2D eigenvalue weighted by Gasteiger charge is 2.12. The molecule has 0 aliphatic rings. The van der Waals surface area contributed by atoms with Gasteiger partial charge in [0.25, 0.3) is 5.91 Å². The van der Waals surface area contributed by atoms with Crippen LogP contribution in [0.2, 0.25) is 5.02 Å². The molecule has 7 nitrogen and oxygen atoms in total. The average molecular weight is 403 g/mol. The van der Waals surface area contributed by atoms with Gasteiger partial charge in [-0.15, -0.1) is 10.2 Å². The first kappa shape index (κ1) is 18.8. The van der Waals surface area contributed by atoms with Crippen LogP contribution in [-0.2, 0) is 16.0 Å². The normalized spacial score (nSPS) is 10.4. The first-order chi connectivity index (χ1) is 13.0. The van der Waals surface area contributed by atoms with Crippen LogP contribution in [0.5, 0.6) is 5.75 Å². The van der Waals surface area contributed by atoms with Crippen LogP contribution in [0.15, 0.2) is 48.5 Å². The Bertz CT molecular complexity index is 959. The molecule has 3 aromatic rings. The van der Waals surface area contributed by atoms with Gasteiger partial charge in [0.2, 0.25) is 11.0 Å². The number of aromatic nitrogens is 2. The van der Waals surface area contributed by atoms with E-state index in [1.807, 2.05) is 18.2 Å². The molecule has 9 heteroatoms. The molecule has 0 aliphatic heterocycles. The van der Waals surface area contributed by atoms with Gasteiger partial charge >= 0.3 is 0 Å². The van der Waals surface area contributed by atoms with Crippen molar-refractivity contribution in [2.75, 3.05) is 11.9 Å². The van der Waals surface area contributed by atoms with Crippen molar-refractivity contribution in [3.05, 3.63) is 59.1 Å². The number of nitrogens with two attached hydrogens (primary N) is 1.